The molecule has 5 heteroatoms. The van der Waals surface area contributed by atoms with Crippen molar-refractivity contribution in [3.05, 3.63) is 0 Å². The van der Waals surface area contributed by atoms with Gasteiger partial charge in [-0.25, -0.2) is 0 Å². The number of rotatable bonds is 6. The standard InChI is InChI=1S/C16H31N3O.ClH/c1-3-10-19(15-8-9-17-11-15)12-16(20)18-14-6-4-13(2)5-7-14;/h13-15,17H,3-12H2,1-2H3,(H,18,20);1H. The maximum Gasteiger partial charge on any atom is 0.234 e. The van der Waals surface area contributed by atoms with Crippen LogP contribution < -0.4 is 10.6 Å². The zero-order valence-corrected chi connectivity index (χ0v) is 14.4. The molecule has 1 saturated heterocycles. The summed E-state index contributed by atoms with van der Waals surface area (Å²) in [5.74, 6) is 1.06. The number of carbonyl (C=O) groups is 1. The predicted molar refractivity (Wildman–Crippen MR) is 89.9 cm³/mol. The van der Waals surface area contributed by atoms with Gasteiger partial charge in [-0.05, 0) is 57.5 Å². The summed E-state index contributed by atoms with van der Waals surface area (Å²) in [6.45, 7) is 8.23. The summed E-state index contributed by atoms with van der Waals surface area (Å²) in [6.07, 6.45) is 7.13. The van der Waals surface area contributed by atoms with Crippen LogP contribution in [-0.4, -0.2) is 49.1 Å². The topological polar surface area (TPSA) is 44.4 Å². The fourth-order valence-corrected chi connectivity index (χ4v) is 3.49. The van der Waals surface area contributed by atoms with Crippen LogP contribution in [0.5, 0.6) is 0 Å². The second kappa shape index (κ2) is 9.65. The van der Waals surface area contributed by atoms with Gasteiger partial charge in [0.2, 0.25) is 5.91 Å². The van der Waals surface area contributed by atoms with E-state index in [1.54, 1.807) is 0 Å². The summed E-state index contributed by atoms with van der Waals surface area (Å²) < 4.78 is 0. The van der Waals surface area contributed by atoms with Crippen LogP contribution in [0.2, 0.25) is 0 Å². The lowest BCUT2D eigenvalue weighted by Gasteiger charge is -2.30. The number of nitrogens with one attached hydrogen (secondary N) is 2. The third-order valence-corrected chi connectivity index (χ3v) is 4.79. The molecule has 0 bridgehead atoms. The molecule has 2 aliphatic rings. The summed E-state index contributed by atoms with van der Waals surface area (Å²) >= 11 is 0. The van der Waals surface area contributed by atoms with Crippen molar-refractivity contribution in [1.82, 2.24) is 15.5 Å². The van der Waals surface area contributed by atoms with Crippen LogP contribution in [0.4, 0.5) is 0 Å². The minimum Gasteiger partial charge on any atom is -0.352 e. The predicted octanol–water partition coefficient (Wildman–Crippen LogP) is 2.18. The smallest absolute Gasteiger partial charge is 0.234 e. The number of hydrogen-bond acceptors (Lipinski definition) is 3. The van der Waals surface area contributed by atoms with E-state index in [1.807, 2.05) is 0 Å². The Bertz CT molecular complexity index is 300. The van der Waals surface area contributed by atoms with Crippen LogP contribution in [0, 0.1) is 5.92 Å². The van der Waals surface area contributed by atoms with Crippen molar-refractivity contribution in [2.45, 2.75) is 64.5 Å². The van der Waals surface area contributed by atoms with Gasteiger partial charge in [0, 0.05) is 18.6 Å². The molecule has 1 aliphatic carbocycles. The van der Waals surface area contributed by atoms with Crippen molar-refractivity contribution < 1.29 is 4.79 Å². The van der Waals surface area contributed by atoms with Crippen molar-refractivity contribution in [2.24, 2.45) is 5.92 Å². The summed E-state index contributed by atoms with van der Waals surface area (Å²) in [7, 11) is 0. The van der Waals surface area contributed by atoms with Gasteiger partial charge in [-0.15, -0.1) is 12.4 Å². The number of amides is 1. The lowest BCUT2D eigenvalue weighted by atomic mass is 9.87. The second-order valence-electron chi connectivity index (χ2n) is 6.64. The van der Waals surface area contributed by atoms with E-state index in [0.29, 0.717) is 18.6 Å². The zero-order chi connectivity index (χ0) is 14.4. The molecule has 1 amide bonds. The van der Waals surface area contributed by atoms with Crippen molar-refractivity contribution in [3.63, 3.8) is 0 Å². The summed E-state index contributed by atoms with van der Waals surface area (Å²) in [5, 5.41) is 6.65. The number of nitrogens with zero attached hydrogens (tertiary/aromatic N) is 1. The molecule has 0 radical (unpaired) electrons. The van der Waals surface area contributed by atoms with Gasteiger partial charge in [-0.3, -0.25) is 9.69 Å². The Morgan fingerprint density at radius 3 is 2.52 bits per heavy atom. The quantitative estimate of drug-likeness (QED) is 0.789. The Balaban J connectivity index is 0.00000220. The lowest BCUT2D eigenvalue weighted by molar-refractivity contribution is -0.123. The van der Waals surface area contributed by atoms with E-state index in [1.165, 1.54) is 19.3 Å². The van der Waals surface area contributed by atoms with E-state index < -0.39 is 0 Å². The molecule has 1 aliphatic heterocycles. The van der Waals surface area contributed by atoms with Gasteiger partial charge in [-0.1, -0.05) is 13.8 Å². The van der Waals surface area contributed by atoms with E-state index in [9.17, 15) is 4.79 Å². The van der Waals surface area contributed by atoms with Crippen LogP contribution >= 0.6 is 12.4 Å². The fourth-order valence-electron chi connectivity index (χ4n) is 3.49. The van der Waals surface area contributed by atoms with Crippen molar-refractivity contribution in [1.29, 1.82) is 0 Å². The maximum absolute atomic E-state index is 12.3. The van der Waals surface area contributed by atoms with Gasteiger partial charge >= 0.3 is 0 Å². The van der Waals surface area contributed by atoms with Gasteiger partial charge in [0.15, 0.2) is 0 Å². The fraction of sp³-hybridized carbons (Fsp3) is 0.938. The largest absolute Gasteiger partial charge is 0.352 e. The van der Waals surface area contributed by atoms with Crippen molar-refractivity contribution >= 4 is 18.3 Å². The van der Waals surface area contributed by atoms with E-state index in [-0.39, 0.29) is 18.3 Å². The van der Waals surface area contributed by atoms with Crippen LogP contribution in [0.15, 0.2) is 0 Å². The molecule has 1 heterocycles. The molecule has 21 heavy (non-hydrogen) atoms. The van der Waals surface area contributed by atoms with Crippen molar-refractivity contribution in [2.75, 3.05) is 26.2 Å². The monoisotopic (exact) mass is 317 g/mol. The molecule has 0 spiro atoms. The minimum atomic E-state index is 0. The van der Waals surface area contributed by atoms with Gasteiger partial charge in [0.1, 0.15) is 0 Å². The normalized spacial score (nSPS) is 29.2. The number of carbonyl (C=O) groups excluding carboxylic acids is 1. The molecule has 1 unspecified atom stereocenters. The molecular formula is C16H32ClN3O. The molecule has 2 N–H and O–H groups in total. The first kappa shape index (κ1) is 18.7. The van der Waals surface area contributed by atoms with Crippen LogP contribution in [-0.2, 0) is 4.79 Å². The van der Waals surface area contributed by atoms with Gasteiger partial charge in [0.05, 0.1) is 6.54 Å². The third kappa shape index (κ3) is 6.13. The Morgan fingerprint density at radius 1 is 1.24 bits per heavy atom. The highest BCUT2D eigenvalue weighted by molar-refractivity contribution is 5.85. The molecule has 1 atom stereocenters. The zero-order valence-electron chi connectivity index (χ0n) is 13.6. The Labute approximate surface area is 135 Å². The average molecular weight is 318 g/mol. The molecule has 2 fully saturated rings. The van der Waals surface area contributed by atoms with Crippen molar-refractivity contribution in [3.8, 4) is 0 Å². The first-order chi connectivity index (χ1) is 9.69. The maximum atomic E-state index is 12.3. The molecule has 124 valence electrons. The number of hydrogen-bond donors (Lipinski definition) is 2. The molecule has 0 aromatic carbocycles. The van der Waals surface area contributed by atoms with Gasteiger partial charge in [0.25, 0.3) is 0 Å². The van der Waals surface area contributed by atoms with E-state index in [2.05, 4.69) is 29.4 Å². The summed E-state index contributed by atoms with van der Waals surface area (Å²) in [5.41, 5.74) is 0. The second-order valence-corrected chi connectivity index (χ2v) is 6.64. The van der Waals surface area contributed by atoms with E-state index in [4.69, 9.17) is 0 Å². The van der Waals surface area contributed by atoms with Crippen LogP contribution in [0.3, 0.4) is 0 Å². The Hall–Kier alpha value is -0.320. The third-order valence-electron chi connectivity index (χ3n) is 4.79. The first-order valence-electron chi connectivity index (χ1n) is 8.43. The van der Waals surface area contributed by atoms with Crippen LogP contribution in [0.25, 0.3) is 0 Å². The van der Waals surface area contributed by atoms with Gasteiger partial charge < -0.3 is 10.6 Å². The highest BCUT2D eigenvalue weighted by Gasteiger charge is 2.25. The van der Waals surface area contributed by atoms with E-state index in [0.717, 1.165) is 44.8 Å². The molecule has 0 aromatic rings. The summed E-state index contributed by atoms with van der Waals surface area (Å²) in [6, 6.07) is 0.968. The average Bonchev–Trinajstić information content (AvgIpc) is 2.95. The number of halogens is 1. The van der Waals surface area contributed by atoms with Gasteiger partial charge in [-0.2, -0.15) is 0 Å². The molecular weight excluding hydrogens is 286 g/mol. The minimum absolute atomic E-state index is 0. The molecule has 1 saturated carbocycles. The molecule has 0 aromatic heterocycles. The first-order valence-corrected chi connectivity index (χ1v) is 8.43. The summed E-state index contributed by atoms with van der Waals surface area (Å²) in [4.78, 5) is 14.6. The Morgan fingerprint density at radius 2 is 1.95 bits per heavy atom. The molecule has 4 nitrogen and oxygen atoms in total. The van der Waals surface area contributed by atoms with E-state index >= 15 is 0 Å². The van der Waals surface area contributed by atoms with Crippen LogP contribution in [0.1, 0.15) is 52.4 Å². The molecule has 2 rings (SSSR count). The lowest BCUT2D eigenvalue weighted by Crippen LogP contribution is -2.47. The highest BCUT2D eigenvalue weighted by atomic mass is 35.5. The SMILES string of the molecule is CCCN(CC(=O)NC1CCC(C)CC1)C1CCNC1.Cl. The Kier molecular flexibility index (Phi) is 8.60. The highest BCUT2D eigenvalue weighted by Crippen LogP contribution is 2.23.